The third kappa shape index (κ3) is 4.40. The SMILES string of the molecule is COc1c(Cl)cc(Cl)cc1/C(O)=C1\C(=O)C(=O)N(c2cccc(C(F)(F)F)c2)C1c1ccccc1F. The van der Waals surface area contributed by atoms with Gasteiger partial charge in [0.05, 0.1) is 34.9 Å². The van der Waals surface area contributed by atoms with Crippen molar-refractivity contribution in [3.63, 3.8) is 0 Å². The van der Waals surface area contributed by atoms with Crippen molar-refractivity contribution >= 4 is 46.3 Å². The van der Waals surface area contributed by atoms with Gasteiger partial charge in [-0.3, -0.25) is 14.5 Å². The maximum absolute atomic E-state index is 15.0. The fourth-order valence-electron chi connectivity index (χ4n) is 4.01. The number of amides is 1. The summed E-state index contributed by atoms with van der Waals surface area (Å²) in [7, 11) is 1.24. The Kier molecular flexibility index (Phi) is 6.72. The van der Waals surface area contributed by atoms with Crippen LogP contribution in [0.2, 0.25) is 10.0 Å². The number of hydrogen-bond donors (Lipinski definition) is 1. The smallest absolute Gasteiger partial charge is 0.416 e. The van der Waals surface area contributed by atoms with Crippen LogP contribution in [0.3, 0.4) is 0 Å². The number of carbonyl (C=O) groups excluding carboxylic acids is 2. The third-order valence-electron chi connectivity index (χ3n) is 5.56. The number of hydrogen-bond acceptors (Lipinski definition) is 4. The molecule has 3 aromatic rings. The predicted octanol–water partition coefficient (Wildman–Crippen LogP) is 6.79. The first kappa shape index (κ1) is 25.5. The largest absolute Gasteiger partial charge is 0.507 e. The van der Waals surface area contributed by atoms with Gasteiger partial charge in [0.25, 0.3) is 11.7 Å². The molecule has 11 heteroatoms. The lowest BCUT2D eigenvalue weighted by Crippen LogP contribution is -2.30. The molecule has 1 fully saturated rings. The molecule has 36 heavy (non-hydrogen) atoms. The quantitative estimate of drug-likeness (QED) is 0.171. The first-order valence-corrected chi connectivity index (χ1v) is 11.0. The summed E-state index contributed by atoms with van der Waals surface area (Å²) in [6, 6.07) is 9.67. The van der Waals surface area contributed by atoms with Crippen LogP contribution in [0.1, 0.15) is 22.7 Å². The van der Waals surface area contributed by atoms with Crippen molar-refractivity contribution in [2.75, 3.05) is 12.0 Å². The number of anilines is 1. The minimum atomic E-state index is -4.75. The summed E-state index contributed by atoms with van der Waals surface area (Å²) >= 11 is 12.2. The molecule has 0 radical (unpaired) electrons. The zero-order valence-electron chi connectivity index (χ0n) is 18.2. The average molecular weight is 540 g/mol. The lowest BCUT2D eigenvalue weighted by molar-refractivity contribution is -0.137. The zero-order chi connectivity index (χ0) is 26.4. The number of nitrogens with zero attached hydrogens (tertiary/aromatic N) is 1. The van der Waals surface area contributed by atoms with E-state index in [0.29, 0.717) is 11.0 Å². The topological polar surface area (TPSA) is 66.8 Å². The van der Waals surface area contributed by atoms with E-state index in [2.05, 4.69) is 0 Å². The molecule has 186 valence electrons. The van der Waals surface area contributed by atoms with Crippen molar-refractivity contribution in [1.29, 1.82) is 0 Å². The summed E-state index contributed by atoms with van der Waals surface area (Å²) in [5.74, 6) is -4.26. The number of aliphatic hydroxyl groups excluding tert-OH is 1. The molecule has 1 unspecified atom stereocenters. The van der Waals surface area contributed by atoms with E-state index in [1.54, 1.807) is 0 Å². The maximum atomic E-state index is 15.0. The lowest BCUT2D eigenvalue weighted by atomic mass is 9.94. The zero-order valence-corrected chi connectivity index (χ0v) is 19.7. The van der Waals surface area contributed by atoms with Gasteiger partial charge in [-0.05, 0) is 36.4 Å². The van der Waals surface area contributed by atoms with E-state index in [-0.39, 0.29) is 32.6 Å². The van der Waals surface area contributed by atoms with Crippen LogP contribution in [0.25, 0.3) is 5.76 Å². The molecule has 1 amide bonds. The molecule has 1 saturated heterocycles. The maximum Gasteiger partial charge on any atom is 0.416 e. The molecule has 1 aliphatic heterocycles. The van der Waals surface area contributed by atoms with Crippen LogP contribution in [0.4, 0.5) is 23.2 Å². The highest BCUT2D eigenvalue weighted by Crippen LogP contribution is 2.46. The van der Waals surface area contributed by atoms with Crippen molar-refractivity contribution in [3.8, 4) is 5.75 Å². The van der Waals surface area contributed by atoms with E-state index in [1.807, 2.05) is 0 Å². The van der Waals surface area contributed by atoms with E-state index in [1.165, 1.54) is 43.5 Å². The number of methoxy groups -OCH3 is 1. The Morgan fingerprint density at radius 3 is 2.36 bits per heavy atom. The molecule has 3 aromatic carbocycles. The summed E-state index contributed by atoms with van der Waals surface area (Å²) < 4.78 is 60.3. The van der Waals surface area contributed by atoms with E-state index >= 15 is 0 Å². The first-order valence-electron chi connectivity index (χ1n) is 10.2. The summed E-state index contributed by atoms with van der Waals surface area (Å²) in [6.07, 6.45) is -4.75. The first-order chi connectivity index (χ1) is 17.0. The summed E-state index contributed by atoms with van der Waals surface area (Å²) in [5.41, 5.74) is -2.40. The van der Waals surface area contributed by atoms with Gasteiger partial charge in [0, 0.05) is 16.3 Å². The number of aliphatic hydroxyl groups is 1. The van der Waals surface area contributed by atoms with E-state index < -0.39 is 46.6 Å². The van der Waals surface area contributed by atoms with Gasteiger partial charge < -0.3 is 9.84 Å². The molecule has 1 aliphatic rings. The number of ketones is 1. The normalized spacial score (nSPS) is 17.5. The second-order valence-electron chi connectivity index (χ2n) is 7.71. The van der Waals surface area contributed by atoms with Gasteiger partial charge in [0.2, 0.25) is 0 Å². The van der Waals surface area contributed by atoms with E-state index in [0.717, 1.165) is 18.2 Å². The van der Waals surface area contributed by atoms with E-state index in [9.17, 15) is 32.3 Å². The fourth-order valence-corrected chi connectivity index (χ4v) is 4.58. The number of halogens is 6. The second-order valence-corrected chi connectivity index (χ2v) is 8.55. The highest BCUT2D eigenvalue weighted by Gasteiger charge is 2.48. The molecule has 5 nitrogen and oxygen atoms in total. The standard InChI is InChI=1S/C25H15Cl2F4NO4/c1-36-23-16(10-13(26)11-17(23)27)21(33)19-20(15-7-2-3-8-18(15)28)32(24(35)22(19)34)14-6-4-5-12(9-14)25(29,30)31/h2-11,20,33H,1H3/b21-19+. The monoisotopic (exact) mass is 539 g/mol. The number of ether oxygens (including phenoxy) is 1. The van der Waals surface area contributed by atoms with Crippen LogP contribution in [-0.2, 0) is 15.8 Å². The van der Waals surface area contributed by atoms with E-state index in [4.69, 9.17) is 27.9 Å². The molecule has 1 heterocycles. The van der Waals surface area contributed by atoms with Gasteiger partial charge in [0.15, 0.2) is 0 Å². The summed E-state index contributed by atoms with van der Waals surface area (Å²) in [5, 5.41) is 11.2. The Morgan fingerprint density at radius 2 is 1.72 bits per heavy atom. The Labute approximate surface area is 212 Å². The molecule has 1 N–H and O–H groups in total. The number of carbonyl (C=O) groups is 2. The summed E-state index contributed by atoms with van der Waals surface area (Å²) in [6.45, 7) is 0. The van der Waals surface area contributed by atoms with Crippen LogP contribution in [0, 0.1) is 5.82 Å². The van der Waals surface area contributed by atoms with Crippen LogP contribution in [-0.4, -0.2) is 23.9 Å². The predicted molar refractivity (Wildman–Crippen MR) is 126 cm³/mol. The third-order valence-corrected chi connectivity index (χ3v) is 6.06. The second kappa shape index (κ2) is 9.48. The van der Waals surface area contributed by atoms with Crippen LogP contribution < -0.4 is 9.64 Å². The van der Waals surface area contributed by atoms with Gasteiger partial charge in [-0.2, -0.15) is 13.2 Å². The van der Waals surface area contributed by atoms with Crippen molar-refractivity contribution < 1.29 is 37.0 Å². The summed E-state index contributed by atoms with van der Waals surface area (Å²) in [4.78, 5) is 27.0. The molecular formula is C25H15Cl2F4NO4. The number of rotatable bonds is 4. The van der Waals surface area contributed by atoms with Gasteiger partial charge >= 0.3 is 6.18 Å². The van der Waals surface area contributed by atoms with Gasteiger partial charge in [-0.1, -0.05) is 47.5 Å². The van der Waals surface area contributed by atoms with Crippen LogP contribution >= 0.6 is 23.2 Å². The van der Waals surface area contributed by atoms with Crippen LogP contribution in [0.5, 0.6) is 5.75 Å². The Balaban J connectivity index is 2.03. The van der Waals surface area contributed by atoms with Gasteiger partial charge in [0.1, 0.15) is 17.3 Å². The lowest BCUT2D eigenvalue weighted by Gasteiger charge is -2.26. The molecular weight excluding hydrogens is 525 g/mol. The Morgan fingerprint density at radius 1 is 1.03 bits per heavy atom. The van der Waals surface area contributed by atoms with Gasteiger partial charge in [-0.25, -0.2) is 4.39 Å². The molecule has 0 saturated carbocycles. The van der Waals surface area contributed by atoms with Crippen molar-refractivity contribution in [2.45, 2.75) is 12.2 Å². The Bertz CT molecular complexity index is 1420. The average Bonchev–Trinajstić information content (AvgIpc) is 3.08. The van der Waals surface area contributed by atoms with Crippen LogP contribution in [0.15, 0.2) is 66.2 Å². The minimum Gasteiger partial charge on any atom is -0.507 e. The highest BCUT2D eigenvalue weighted by molar-refractivity contribution is 6.52. The molecule has 0 aromatic heterocycles. The number of alkyl halides is 3. The molecule has 4 rings (SSSR count). The minimum absolute atomic E-state index is 0.0268. The molecule has 1 atom stereocenters. The Hall–Kier alpha value is -3.56. The number of Topliss-reactive ketones (excluding diaryl/α,β-unsaturated/α-hetero) is 1. The van der Waals surface area contributed by atoms with Crippen molar-refractivity contribution in [1.82, 2.24) is 0 Å². The fraction of sp³-hybridized carbons (Fsp3) is 0.120. The number of benzene rings is 3. The van der Waals surface area contributed by atoms with Crippen molar-refractivity contribution in [2.24, 2.45) is 0 Å². The highest BCUT2D eigenvalue weighted by atomic mass is 35.5. The van der Waals surface area contributed by atoms with Crippen molar-refractivity contribution in [3.05, 3.63) is 98.8 Å². The molecule has 0 spiro atoms. The van der Waals surface area contributed by atoms with Gasteiger partial charge in [-0.15, -0.1) is 0 Å². The molecule has 0 aliphatic carbocycles. The molecule has 0 bridgehead atoms.